The van der Waals surface area contributed by atoms with Crippen molar-refractivity contribution in [1.29, 1.82) is 0 Å². The van der Waals surface area contributed by atoms with Crippen molar-refractivity contribution >= 4 is 34.9 Å². The molecule has 5 heteroatoms. The summed E-state index contributed by atoms with van der Waals surface area (Å²) in [5.74, 6) is 0. The summed E-state index contributed by atoms with van der Waals surface area (Å²) in [6.07, 6.45) is 3.59. The molecule has 3 rings (SSSR count). The van der Waals surface area contributed by atoms with Crippen LogP contribution in [0, 0.1) is 4.77 Å². The van der Waals surface area contributed by atoms with Gasteiger partial charge >= 0.3 is 0 Å². The van der Waals surface area contributed by atoms with Gasteiger partial charge in [0.2, 0.25) is 0 Å². The van der Waals surface area contributed by atoms with E-state index >= 15 is 0 Å². The second kappa shape index (κ2) is 4.79. The number of fused-ring (bicyclic) bond motifs is 1. The van der Waals surface area contributed by atoms with Gasteiger partial charge in [0.15, 0.2) is 4.77 Å². The van der Waals surface area contributed by atoms with Gasteiger partial charge in [0.05, 0.1) is 17.1 Å². The van der Waals surface area contributed by atoms with Crippen LogP contribution in [0.1, 0.15) is 18.5 Å². The summed E-state index contributed by atoms with van der Waals surface area (Å²) in [5, 5.41) is 0.701. The molecule has 3 aromatic rings. The highest BCUT2D eigenvalue weighted by Crippen LogP contribution is 2.25. The summed E-state index contributed by atoms with van der Waals surface area (Å²) >= 11 is 11.4. The standard InChI is InChI=1S/C14H12ClN3S/c1-9(10-4-6-16-7-5-10)18-13-3-2-11(15)8-12(13)17-14(18)19/h2-9H,1H3,(H,17,19). The number of aromatic amines is 1. The molecule has 0 aliphatic rings. The van der Waals surface area contributed by atoms with E-state index in [0.717, 1.165) is 11.0 Å². The van der Waals surface area contributed by atoms with E-state index in [1.54, 1.807) is 12.4 Å². The second-order valence-electron chi connectivity index (χ2n) is 4.42. The second-order valence-corrected chi connectivity index (χ2v) is 5.24. The average molecular weight is 290 g/mol. The monoisotopic (exact) mass is 289 g/mol. The molecule has 1 aromatic carbocycles. The Labute approximate surface area is 120 Å². The molecule has 0 saturated carbocycles. The van der Waals surface area contributed by atoms with Crippen LogP contribution in [0.2, 0.25) is 5.02 Å². The summed E-state index contributed by atoms with van der Waals surface area (Å²) in [5.41, 5.74) is 3.18. The normalized spacial score (nSPS) is 12.7. The molecule has 0 amide bonds. The Bertz CT molecular complexity index is 776. The van der Waals surface area contributed by atoms with E-state index in [4.69, 9.17) is 23.8 Å². The SMILES string of the molecule is CC(c1ccncc1)n1c(=S)[nH]c2cc(Cl)ccc21. The number of halogens is 1. The summed E-state index contributed by atoms with van der Waals surface area (Å²) < 4.78 is 2.79. The molecule has 1 N–H and O–H groups in total. The maximum absolute atomic E-state index is 6.01. The molecular weight excluding hydrogens is 278 g/mol. The molecule has 96 valence electrons. The number of hydrogen-bond donors (Lipinski definition) is 1. The minimum Gasteiger partial charge on any atom is -0.331 e. The van der Waals surface area contributed by atoms with Crippen LogP contribution < -0.4 is 0 Å². The van der Waals surface area contributed by atoms with Gasteiger partial charge < -0.3 is 9.55 Å². The number of rotatable bonds is 2. The van der Waals surface area contributed by atoms with Gasteiger partial charge in [-0.1, -0.05) is 11.6 Å². The van der Waals surface area contributed by atoms with Crippen molar-refractivity contribution in [2.24, 2.45) is 0 Å². The van der Waals surface area contributed by atoms with Crippen molar-refractivity contribution in [3.8, 4) is 0 Å². The fraction of sp³-hybridized carbons (Fsp3) is 0.143. The minimum atomic E-state index is 0.144. The van der Waals surface area contributed by atoms with Crippen LogP contribution in [0.15, 0.2) is 42.7 Å². The lowest BCUT2D eigenvalue weighted by molar-refractivity contribution is 0.648. The molecule has 3 nitrogen and oxygen atoms in total. The molecule has 0 bridgehead atoms. The molecule has 0 saturated heterocycles. The van der Waals surface area contributed by atoms with Crippen LogP contribution in [-0.2, 0) is 0 Å². The number of H-pyrrole nitrogens is 1. The van der Waals surface area contributed by atoms with Crippen LogP contribution >= 0.6 is 23.8 Å². The largest absolute Gasteiger partial charge is 0.331 e. The van der Waals surface area contributed by atoms with Crippen molar-refractivity contribution < 1.29 is 0 Å². The number of benzene rings is 1. The number of aromatic nitrogens is 3. The maximum atomic E-state index is 6.01. The van der Waals surface area contributed by atoms with Crippen LogP contribution in [0.4, 0.5) is 0 Å². The van der Waals surface area contributed by atoms with Crippen molar-refractivity contribution in [3.63, 3.8) is 0 Å². The lowest BCUT2D eigenvalue weighted by Gasteiger charge is -2.14. The summed E-state index contributed by atoms with van der Waals surface area (Å²) in [6.45, 7) is 2.12. The summed E-state index contributed by atoms with van der Waals surface area (Å²) in [4.78, 5) is 7.24. The Morgan fingerprint density at radius 3 is 2.74 bits per heavy atom. The van der Waals surface area contributed by atoms with Gasteiger partial charge in [0.25, 0.3) is 0 Å². The first-order valence-corrected chi connectivity index (χ1v) is 6.75. The van der Waals surface area contributed by atoms with Crippen molar-refractivity contribution in [2.75, 3.05) is 0 Å². The Kier molecular flexibility index (Phi) is 3.12. The number of hydrogen-bond acceptors (Lipinski definition) is 2. The Balaban J connectivity index is 2.20. The van der Waals surface area contributed by atoms with Crippen LogP contribution in [0.5, 0.6) is 0 Å². The highest BCUT2D eigenvalue weighted by molar-refractivity contribution is 7.71. The molecule has 0 radical (unpaired) electrons. The molecule has 2 heterocycles. The zero-order valence-electron chi connectivity index (χ0n) is 10.3. The van der Waals surface area contributed by atoms with Crippen molar-refractivity contribution in [1.82, 2.24) is 14.5 Å². The van der Waals surface area contributed by atoms with Gasteiger partial charge in [-0.3, -0.25) is 4.98 Å². The molecule has 0 aliphatic heterocycles. The zero-order chi connectivity index (χ0) is 13.4. The van der Waals surface area contributed by atoms with Crippen LogP contribution in [0.25, 0.3) is 11.0 Å². The number of nitrogens with one attached hydrogen (secondary N) is 1. The van der Waals surface area contributed by atoms with Gasteiger partial charge in [0.1, 0.15) is 0 Å². The smallest absolute Gasteiger partial charge is 0.178 e. The quantitative estimate of drug-likeness (QED) is 0.711. The fourth-order valence-corrected chi connectivity index (χ4v) is 2.82. The summed E-state index contributed by atoms with van der Waals surface area (Å²) in [7, 11) is 0. The molecule has 2 aromatic heterocycles. The lowest BCUT2D eigenvalue weighted by atomic mass is 10.1. The van der Waals surface area contributed by atoms with Gasteiger partial charge in [-0.2, -0.15) is 0 Å². The van der Waals surface area contributed by atoms with Crippen molar-refractivity contribution in [3.05, 3.63) is 58.1 Å². The molecule has 0 fully saturated rings. The third-order valence-corrected chi connectivity index (χ3v) is 3.79. The highest BCUT2D eigenvalue weighted by Gasteiger charge is 2.13. The average Bonchev–Trinajstić information content (AvgIpc) is 2.74. The van der Waals surface area contributed by atoms with E-state index in [2.05, 4.69) is 21.5 Å². The van der Waals surface area contributed by atoms with E-state index in [1.807, 2.05) is 30.3 Å². The molecule has 0 aliphatic carbocycles. The first kappa shape index (κ1) is 12.4. The Morgan fingerprint density at radius 2 is 2.00 bits per heavy atom. The molecule has 19 heavy (non-hydrogen) atoms. The Hall–Kier alpha value is -1.65. The van der Waals surface area contributed by atoms with Gasteiger partial charge in [-0.15, -0.1) is 0 Å². The third-order valence-electron chi connectivity index (χ3n) is 3.25. The molecule has 1 unspecified atom stereocenters. The lowest BCUT2D eigenvalue weighted by Crippen LogP contribution is -2.06. The molecular formula is C14H12ClN3S. The molecule has 0 spiro atoms. The fourth-order valence-electron chi connectivity index (χ4n) is 2.28. The van der Waals surface area contributed by atoms with E-state index in [-0.39, 0.29) is 6.04 Å². The van der Waals surface area contributed by atoms with E-state index in [9.17, 15) is 0 Å². The third kappa shape index (κ3) is 2.17. The van der Waals surface area contributed by atoms with Gasteiger partial charge in [0, 0.05) is 17.4 Å². The predicted octanol–water partition coefficient (Wildman–Crippen LogP) is 4.36. The minimum absolute atomic E-state index is 0.144. The van der Waals surface area contributed by atoms with Gasteiger partial charge in [-0.25, -0.2) is 0 Å². The highest BCUT2D eigenvalue weighted by atomic mass is 35.5. The summed E-state index contributed by atoms with van der Waals surface area (Å²) in [6, 6.07) is 9.90. The number of nitrogens with zero attached hydrogens (tertiary/aromatic N) is 2. The zero-order valence-corrected chi connectivity index (χ0v) is 11.9. The van der Waals surface area contributed by atoms with E-state index in [1.165, 1.54) is 5.56 Å². The van der Waals surface area contributed by atoms with Crippen LogP contribution in [0.3, 0.4) is 0 Å². The van der Waals surface area contributed by atoms with Crippen LogP contribution in [-0.4, -0.2) is 14.5 Å². The number of imidazole rings is 1. The first-order chi connectivity index (χ1) is 9.16. The van der Waals surface area contributed by atoms with Gasteiger partial charge in [-0.05, 0) is 55.0 Å². The predicted molar refractivity (Wildman–Crippen MR) is 80.2 cm³/mol. The maximum Gasteiger partial charge on any atom is 0.178 e. The van der Waals surface area contributed by atoms with Crippen molar-refractivity contribution in [2.45, 2.75) is 13.0 Å². The first-order valence-electron chi connectivity index (χ1n) is 5.96. The topological polar surface area (TPSA) is 33.6 Å². The van der Waals surface area contributed by atoms with E-state index in [0.29, 0.717) is 9.79 Å². The number of pyridine rings is 1. The molecule has 1 atom stereocenters. The van der Waals surface area contributed by atoms with E-state index < -0.39 is 0 Å². The Morgan fingerprint density at radius 1 is 1.26 bits per heavy atom.